The van der Waals surface area contributed by atoms with Crippen LogP contribution in [0.5, 0.6) is 0 Å². The van der Waals surface area contributed by atoms with E-state index in [0.717, 1.165) is 17.1 Å². The van der Waals surface area contributed by atoms with Crippen molar-refractivity contribution in [3.8, 4) is 22.3 Å². The van der Waals surface area contributed by atoms with E-state index in [0.29, 0.717) is 0 Å². The van der Waals surface area contributed by atoms with Crippen LogP contribution in [-0.2, 0) is 5.41 Å². The first-order chi connectivity index (χ1) is 27.3. The highest BCUT2D eigenvalue weighted by Crippen LogP contribution is 2.57. The lowest BCUT2D eigenvalue weighted by molar-refractivity contribution is 0.776. The van der Waals surface area contributed by atoms with Crippen molar-refractivity contribution in [2.75, 3.05) is 4.90 Å². The lowest BCUT2D eigenvalue weighted by atomic mass is 9.66. The van der Waals surface area contributed by atoms with Crippen LogP contribution in [0.2, 0.25) is 0 Å². The zero-order chi connectivity index (χ0) is 36.3. The molecule has 0 atom stereocenters. The first-order valence-corrected chi connectivity index (χ1v) is 19.7. The fourth-order valence-corrected chi connectivity index (χ4v) is 10.4. The molecule has 10 aromatic rings. The number of nitrogens with zero attached hydrogens (tertiary/aromatic N) is 1. The van der Waals surface area contributed by atoms with Gasteiger partial charge in [0.25, 0.3) is 0 Å². The fraction of sp³-hybridized carbons (Fsp3) is 0.0189. The van der Waals surface area contributed by atoms with Crippen LogP contribution in [0, 0.1) is 0 Å². The second-order valence-corrected chi connectivity index (χ2v) is 15.5. The van der Waals surface area contributed by atoms with Crippen LogP contribution in [0.3, 0.4) is 0 Å². The predicted molar refractivity (Wildman–Crippen MR) is 234 cm³/mol. The second-order valence-electron chi connectivity index (χ2n) is 14.4. The highest BCUT2D eigenvalue weighted by atomic mass is 32.1. The molecule has 1 heterocycles. The van der Waals surface area contributed by atoms with Crippen LogP contribution in [0.4, 0.5) is 17.1 Å². The number of benzene rings is 9. The summed E-state index contributed by atoms with van der Waals surface area (Å²) in [6.07, 6.45) is 0. The van der Waals surface area contributed by atoms with Crippen molar-refractivity contribution in [1.29, 1.82) is 0 Å². The molecular weight excluding hydrogens is 683 g/mol. The van der Waals surface area contributed by atoms with Gasteiger partial charge in [-0.2, -0.15) is 0 Å². The quantitative estimate of drug-likeness (QED) is 0.166. The Labute approximate surface area is 325 Å². The highest BCUT2D eigenvalue weighted by Gasteiger charge is 2.46. The number of hydrogen-bond donors (Lipinski definition) is 0. The summed E-state index contributed by atoms with van der Waals surface area (Å²) in [7, 11) is 0. The summed E-state index contributed by atoms with van der Waals surface area (Å²) in [5.74, 6) is 0. The average molecular weight is 718 g/mol. The molecule has 11 rings (SSSR count). The third-order valence-electron chi connectivity index (χ3n) is 11.6. The fourth-order valence-electron chi connectivity index (χ4n) is 9.19. The van der Waals surface area contributed by atoms with E-state index in [4.69, 9.17) is 0 Å². The molecule has 0 aliphatic heterocycles. The Morgan fingerprint density at radius 2 is 0.855 bits per heavy atom. The van der Waals surface area contributed by atoms with E-state index in [9.17, 15) is 0 Å². The number of fused-ring (bicyclic) bond motifs is 7. The molecule has 0 amide bonds. The van der Waals surface area contributed by atoms with Gasteiger partial charge in [-0.3, -0.25) is 0 Å². The van der Waals surface area contributed by atoms with Gasteiger partial charge in [0.05, 0.1) is 5.41 Å². The molecular formula is C53H35NS. The first-order valence-electron chi connectivity index (χ1n) is 18.9. The van der Waals surface area contributed by atoms with Crippen molar-refractivity contribution < 1.29 is 0 Å². The molecule has 0 unspecified atom stereocenters. The van der Waals surface area contributed by atoms with Crippen LogP contribution in [-0.4, -0.2) is 0 Å². The SMILES string of the molecule is c1ccc(N(c2ccc(-c3cccc4c3sc3ccccc34)cc2)c2ccc(C3(c4cccc5ccccc45)c4ccccc4-c4ccccc43)cc2)cc1. The zero-order valence-corrected chi connectivity index (χ0v) is 30.9. The molecule has 55 heavy (non-hydrogen) atoms. The normalized spacial score (nSPS) is 12.9. The van der Waals surface area contributed by atoms with Crippen molar-refractivity contribution in [2.24, 2.45) is 0 Å². The van der Waals surface area contributed by atoms with Crippen LogP contribution in [0.15, 0.2) is 212 Å². The second kappa shape index (κ2) is 12.7. The van der Waals surface area contributed by atoms with Gasteiger partial charge in [-0.05, 0) is 97.7 Å². The minimum absolute atomic E-state index is 0.487. The first kappa shape index (κ1) is 31.8. The molecule has 0 saturated heterocycles. The Morgan fingerprint density at radius 1 is 0.345 bits per heavy atom. The molecule has 0 saturated carbocycles. The van der Waals surface area contributed by atoms with Crippen LogP contribution in [0.25, 0.3) is 53.2 Å². The molecule has 1 nitrogen and oxygen atoms in total. The van der Waals surface area contributed by atoms with Gasteiger partial charge in [-0.15, -0.1) is 11.3 Å². The van der Waals surface area contributed by atoms with E-state index < -0.39 is 5.41 Å². The number of rotatable bonds is 6. The topological polar surface area (TPSA) is 3.24 Å². The molecule has 9 aromatic carbocycles. The van der Waals surface area contributed by atoms with Gasteiger partial charge in [0, 0.05) is 37.2 Å². The molecule has 258 valence electrons. The van der Waals surface area contributed by atoms with E-state index in [2.05, 4.69) is 217 Å². The molecule has 0 radical (unpaired) electrons. The number of thiophene rings is 1. The molecule has 1 aliphatic rings. The van der Waals surface area contributed by atoms with Gasteiger partial charge < -0.3 is 4.90 Å². The van der Waals surface area contributed by atoms with E-state index in [1.807, 2.05) is 11.3 Å². The molecule has 0 bridgehead atoms. The molecule has 0 fully saturated rings. The van der Waals surface area contributed by atoms with Crippen molar-refractivity contribution in [2.45, 2.75) is 5.41 Å². The predicted octanol–water partition coefficient (Wildman–Crippen LogP) is 14.7. The summed E-state index contributed by atoms with van der Waals surface area (Å²) < 4.78 is 2.66. The molecule has 1 aromatic heterocycles. The molecule has 0 spiro atoms. The van der Waals surface area contributed by atoms with Gasteiger partial charge in [0.15, 0.2) is 0 Å². The van der Waals surface area contributed by atoms with Gasteiger partial charge in [-0.25, -0.2) is 0 Å². The van der Waals surface area contributed by atoms with E-state index in [1.165, 1.54) is 75.5 Å². The van der Waals surface area contributed by atoms with E-state index >= 15 is 0 Å². The monoisotopic (exact) mass is 717 g/mol. The Balaban J connectivity index is 1.06. The number of anilines is 3. The van der Waals surface area contributed by atoms with Crippen molar-refractivity contribution >= 4 is 59.3 Å². The zero-order valence-electron chi connectivity index (χ0n) is 30.1. The Kier molecular flexibility index (Phi) is 7.33. The average Bonchev–Trinajstić information content (AvgIpc) is 3.79. The highest BCUT2D eigenvalue weighted by molar-refractivity contribution is 7.26. The third kappa shape index (κ3) is 4.85. The minimum atomic E-state index is -0.487. The van der Waals surface area contributed by atoms with Crippen LogP contribution in [0.1, 0.15) is 22.3 Å². The Bertz CT molecular complexity index is 2980. The maximum atomic E-state index is 2.37. The summed E-state index contributed by atoms with van der Waals surface area (Å²) in [6, 6.07) is 78.2. The summed E-state index contributed by atoms with van der Waals surface area (Å²) in [6.45, 7) is 0. The summed E-state index contributed by atoms with van der Waals surface area (Å²) in [5, 5.41) is 5.17. The molecule has 0 N–H and O–H groups in total. The standard InChI is InChI=1S/C53H35NS/c1-2-16-39(17-3-1)54(40-32-28-37(29-33-40)43-22-13-23-47-46-21-8-11-27-51(46)55-52(43)47)41-34-30-38(31-35-41)53(48-26-12-15-36-14-4-5-18-42(36)48)49-24-9-6-19-44(49)45-20-7-10-25-50(45)53/h1-35H. The number of para-hydroxylation sites is 1. The van der Waals surface area contributed by atoms with Crippen molar-refractivity contribution in [3.05, 3.63) is 235 Å². The lowest BCUT2D eigenvalue weighted by Crippen LogP contribution is -2.29. The van der Waals surface area contributed by atoms with Gasteiger partial charge in [0.1, 0.15) is 0 Å². The summed E-state index contributed by atoms with van der Waals surface area (Å²) >= 11 is 1.88. The largest absolute Gasteiger partial charge is 0.311 e. The summed E-state index contributed by atoms with van der Waals surface area (Å²) in [4.78, 5) is 2.37. The summed E-state index contributed by atoms with van der Waals surface area (Å²) in [5.41, 5.74) is 13.2. The minimum Gasteiger partial charge on any atom is -0.311 e. The van der Waals surface area contributed by atoms with Crippen molar-refractivity contribution in [1.82, 2.24) is 0 Å². The van der Waals surface area contributed by atoms with Gasteiger partial charge in [-0.1, -0.05) is 170 Å². The van der Waals surface area contributed by atoms with Crippen LogP contribution < -0.4 is 4.90 Å². The maximum absolute atomic E-state index is 2.37. The maximum Gasteiger partial charge on any atom is 0.0719 e. The lowest BCUT2D eigenvalue weighted by Gasteiger charge is -2.35. The van der Waals surface area contributed by atoms with E-state index in [-0.39, 0.29) is 0 Å². The molecule has 2 heteroatoms. The van der Waals surface area contributed by atoms with Crippen molar-refractivity contribution in [3.63, 3.8) is 0 Å². The van der Waals surface area contributed by atoms with Gasteiger partial charge in [0.2, 0.25) is 0 Å². The Morgan fingerprint density at radius 3 is 1.60 bits per heavy atom. The van der Waals surface area contributed by atoms with E-state index in [1.54, 1.807) is 0 Å². The van der Waals surface area contributed by atoms with Crippen LogP contribution >= 0.6 is 11.3 Å². The third-order valence-corrected chi connectivity index (χ3v) is 12.8. The van der Waals surface area contributed by atoms with Gasteiger partial charge >= 0.3 is 0 Å². The smallest absolute Gasteiger partial charge is 0.0719 e. The molecule has 1 aliphatic carbocycles. The Hall–Kier alpha value is -6.74. The number of hydrogen-bond acceptors (Lipinski definition) is 2.